The molecule has 2 heterocycles. The zero-order chi connectivity index (χ0) is 20.4. The summed E-state index contributed by atoms with van der Waals surface area (Å²) in [4.78, 5) is 14.0. The Balaban J connectivity index is 1.37. The lowest BCUT2D eigenvalue weighted by molar-refractivity contribution is -0.127. The summed E-state index contributed by atoms with van der Waals surface area (Å²) in [5.74, 6) is 0.136. The van der Waals surface area contributed by atoms with E-state index in [-0.39, 0.29) is 37.0 Å². The van der Waals surface area contributed by atoms with Gasteiger partial charge in [0.1, 0.15) is 11.6 Å². The molecule has 4 rings (SSSR count). The minimum Gasteiger partial charge on any atom is -0.493 e. The van der Waals surface area contributed by atoms with Gasteiger partial charge in [0.2, 0.25) is 15.9 Å². The summed E-state index contributed by atoms with van der Waals surface area (Å²) in [6, 6.07) is 10.8. The molecular weight excluding hydrogens is 395 g/mol. The van der Waals surface area contributed by atoms with Crippen LogP contribution in [0.3, 0.4) is 0 Å². The van der Waals surface area contributed by atoms with Crippen LogP contribution < -0.4 is 4.74 Å². The Morgan fingerprint density at radius 1 is 1.07 bits per heavy atom. The molecule has 0 bridgehead atoms. The molecule has 1 saturated heterocycles. The first-order valence-corrected chi connectivity index (χ1v) is 10.9. The van der Waals surface area contributed by atoms with Crippen molar-refractivity contribution in [2.45, 2.75) is 11.3 Å². The van der Waals surface area contributed by atoms with Crippen LogP contribution in [0.1, 0.15) is 11.1 Å². The van der Waals surface area contributed by atoms with Gasteiger partial charge in [-0.3, -0.25) is 4.79 Å². The lowest BCUT2D eigenvalue weighted by atomic mass is 10.1. The van der Waals surface area contributed by atoms with E-state index in [4.69, 9.17) is 4.74 Å². The lowest BCUT2D eigenvalue weighted by Crippen LogP contribution is -2.50. The van der Waals surface area contributed by atoms with Gasteiger partial charge in [0.05, 0.1) is 11.5 Å². The van der Waals surface area contributed by atoms with E-state index in [0.717, 1.165) is 29.4 Å². The first-order valence-electron chi connectivity index (χ1n) is 9.42. The highest BCUT2D eigenvalue weighted by Crippen LogP contribution is 2.26. The first-order chi connectivity index (χ1) is 13.9. The fourth-order valence-corrected chi connectivity index (χ4v) is 4.96. The van der Waals surface area contributed by atoms with Crippen LogP contribution in [0, 0.1) is 5.82 Å². The molecular formula is C21H21FN2O4S. The molecule has 2 aliphatic rings. The summed E-state index contributed by atoms with van der Waals surface area (Å²) in [6.45, 7) is 1.61. The summed E-state index contributed by atoms with van der Waals surface area (Å²) in [5, 5.41) is 0. The van der Waals surface area contributed by atoms with Crippen molar-refractivity contribution in [3.63, 3.8) is 0 Å². The van der Waals surface area contributed by atoms with Crippen LogP contribution in [0.15, 0.2) is 53.4 Å². The second-order valence-electron chi connectivity index (χ2n) is 6.99. The van der Waals surface area contributed by atoms with Crippen LogP contribution in [0.4, 0.5) is 4.39 Å². The Bertz CT molecular complexity index is 1060. The van der Waals surface area contributed by atoms with Crippen LogP contribution in [-0.2, 0) is 21.2 Å². The Morgan fingerprint density at radius 2 is 1.86 bits per heavy atom. The van der Waals surface area contributed by atoms with Crippen LogP contribution >= 0.6 is 0 Å². The number of ether oxygens (including phenoxy) is 1. The topological polar surface area (TPSA) is 66.9 Å². The van der Waals surface area contributed by atoms with E-state index in [1.807, 2.05) is 18.2 Å². The zero-order valence-corrected chi connectivity index (χ0v) is 16.6. The maximum Gasteiger partial charge on any atom is 0.246 e. The summed E-state index contributed by atoms with van der Waals surface area (Å²) in [6.07, 6.45) is 4.14. The monoisotopic (exact) mass is 416 g/mol. The van der Waals surface area contributed by atoms with Crippen molar-refractivity contribution in [2.75, 3.05) is 32.8 Å². The van der Waals surface area contributed by atoms with Crippen molar-refractivity contribution in [1.82, 2.24) is 9.21 Å². The number of benzene rings is 2. The van der Waals surface area contributed by atoms with E-state index in [1.165, 1.54) is 28.6 Å². The van der Waals surface area contributed by atoms with E-state index in [2.05, 4.69) is 0 Å². The van der Waals surface area contributed by atoms with Crippen LogP contribution in [-0.4, -0.2) is 56.3 Å². The average molecular weight is 416 g/mol. The number of rotatable bonds is 4. The van der Waals surface area contributed by atoms with E-state index in [1.54, 1.807) is 11.0 Å². The largest absolute Gasteiger partial charge is 0.493 e. The van der Waals surface area contributed by atoms with Gasteiger partial charge in [-0.15, -0.1) is 0 Å². The smallest absolute Gasteiger partial charge is 0.246 e. The molecule has 6 nitrogen and oxygen atoms in total. The molecule has 1 amide bonds. The molecule has 0 spiro atoms. The average Bonchev–Trinajstić information content (AvgIpc) is 3.20. The molecule has 8 heteroatoms. The third-order valence-electron chi connectivity index (χ3n) is 5.12. The Kier molecular flexibility index (Phi) is 5.38. The lowest BCUT2D eigenvalue weighted by Gasteiger charge is -2.33. The number of hydrogen-bond acceptors (Lipinski definition) is 4. The Labute approximate surface area is 169 Å². The van der Waals surface area contributed by atoms with Crippen molar-refractivity contribution in [3.8, 4) is 5.75 Å². The predicted octanol–water partition coefficient (Wildman–Crippen LogP) is 2.31. The molecule has 152 valence electrons. The molecule has 0 aliphatic carbocycles. The van der Waals surface area contributed by atoms with Gasteiger partial charge < -0.3 is 9.64 Å². The maximum atomic E-state index is 13.4. The molecule has 29 heavy (non-hydrogen) atoms. The molecule has 0 unspecified atom stereocenters. The van der Waals surface area contributed by atoms with Gasteiger partial charge in [-0.1, -0.05) is 12.1 Å². The predicted molar refractivity (Wildman–Crippen MR) is 106 cm³/mol. The highest BCUT2D eigenvalue weighted by Gasteiger charge is 2.29. The maximum absolute atomic E-state index is 13.4. The summed E-state index contributed by atoms with van der Waals surface area (Å²) < 4.78 is 45.4. The second kappa shape index (κ2) is 7.96. The van der Waals surface area contributed by atoms with Crippen molar-refractivity contribution >= 4 is 22.0 Å². The summed E-state index contributed by atoms with van der Waals surface area (Å²) in [7, 11) is -3.77. The van der Waals surface area contributed by atoms with Crippen LogP contribution in [0.25, 0.3) is 6.08 Å². The number of carbonyl (C=O) groups is 1. The molecule has 0 N–H and O–H groups in total. The highest BCUT2D eigenvalue weighted by atomic mass is 32.2. The standard InChI is InChI=1S/C21H21FN2O4S/c22-18-2-1-3-19(15-18)29(26,27)24-11-9-23(10-12-24)21(25)7-5-16-4-6-20-17(14-16)8-13-28-20/h1-7,14-15H,8-13H2/b7-5+. The normalized spacial score (nSPS) is 17.3. The van der Waals surface area contributed by atoms with Crippen LogP contribution in [0.2, 0.25) is 0 Å². The third kappa shape index (κ3) is 4.18. The number of carbonyl (C=O) groups excluding carboxylic acids is 1. The van der Waals surface area contributed by atoms with Gasteiger partial charge in [0.25, 0.3) is 0 Å². The third-order valence-corrected chi connectivity index (χ3v) is 7.01. The van der Waals surface area contributed by atoms with E-state index >= 15 is 0 Å². The molecule has 2 aliphatic heterocycles. The molecule has 2 aromatic rings. The zero-order valence-electron chi connectivity index (χ0n) is 15.8. The fraction of sp³-hybridized carbons (Fsp3) is 0.286. The number of sulfonamides is 1. The van der Waals surface area contributed by atoms with Gasteiger partial charge in [-0.25, -0.2) is 12.8 Å². The minimum absolute atomic E-state index is 0.0715. The fourth-order valence-electron chi connectivity index (χ4n) is 3.51. The Morgan fingerprint density at radius 3 is 2.62 bits per heavy atom. The quantitative estimate of drug-likeness (QED) is 0.718. The van der Waals surface area contributed by atoms with Gasteiger partial charge >= 0.3 is 0 Å². The number of halogens is 1. The van der Waals surface area contributed by atoms with E-state index in [0.29, 0.717) is 6.61 Å². The minimum atomic E-state index is -3.77. The van der Waals surface area contributed by atoms with Crippen molar-refractivity contribution < 1.29 is 22.3 Å². The molecule has 0 atom stereocenters. The van der Waals surface area contributed by atoms with Crippen molar-refractivity contribution in [3.05, 3.63) is 65.5 Å². The second-order valence-corrected chi connectivity index (χ2v) is 8.92. The van der Waals surface area contributed by atoms with Gasteiger partial charge in [0.15, 0.2) is 0 Å². The molecule has 0 aromatic heterocycles. The summed E-state index contributed by atoms with van der Waals surface area (Å²) in [5.41, 5.74) is 2.06. The number of amides is 1. The first kappa shape index (κ1) is 19.6. The van der Waals surface area contributed by atoms with Crippen molar-refractivity contribution in [1.29, 1.82) is 0 Å². The molecule has 1 fully saturated rings. The molecule has 0 saturated carbocycles. The molecule has 2 aromatic carbocycles. The Hall–Kier alpha value is -2.71. The highest BCUT2D eigenvalue weighted by molar-refractivity contribution is 7.89. The number of fused-ring (bicyclic) bond motifs is 1. The van der Waals surface area contributed by atoms with Gasteiger partial charge in [-0.2, -0.15) is 4.31 Å². The van der Waals surface area contributed by atoms with Crippen LogP contribution in [0.5, 0.6) is 5.75 Å². The number of nitrogens with zero attached hydrogens (tertiary/aromatic N) is 2. The van der Waals surface area contributed by atoms with Gasteiger partial charge in [0, 0.05) is 38.7 Å². The van der Waals surface area contributed by atoms with E-state index < -0.39 is 15.8 Å². The number of hydrogen-bond donors (Lipinski definition) is 0. The number of piperazine rings is 1. The summed E-state index contributed by atoms with van der Waals surface area (Å²) >= 11 is 0. The van der Waals surface area contributed by atoms with Gasteiger partial charge in [-0.05, 0) is 47.5 Å². The van der Waals surface area contributed by atoms with E-state index in [9.17, 15) is 17.6 Å². The van der Waals surface area contributed by atoms with Crippen molar-refractivity contribution in [2.24, 2.45) is 0 Å². The molecule has 0 radical (unpaired) electrons. The SMILES string of the molecule is O=C(/C=C/c1ccc2c(c1)CCO2)N1CCN(S(=O)(=O)c2cccc(F)c2)CC1.